The van der Waals surface area contributed by atoms with E-state index in [1.165, 1.54) is 11.8 Å². The molecule has 1 aromatic carbocycles. The van der Waals surface area contributed by atoms with Gasteiger partial charge in [0.15, 0.2) is 4.34 Å². The van der Waals surface area contributed by atoms with Gasteiger partial charge in [0.05, 0.1) is 16.0 Å². The van der Waals surface area contributed by atoms with Crippen molar-refractivity contribution in [1.29, 1.82) is 0 Å². The third-order valence-corrected chi connectivity index (χ3v) is 5.33. The Morgan fingerprint density at radius 2 is 2.19 bits per heavy atom. The van der Waals surface area contributed by atoms with E-state index < -0.39 is 0 Å². The second kappa shape index (κ2) is 7.24. The number of para-hydroxylation sites is 1. The van der Waals surface area contributed by atoms with Crippen LogP contribution in [0.3, 0.4) is 0 Å². The van der Waals surface area contributed by atoms with Crippen molar-refractivity contribution in [1.82, 2.24) is 10.3 Å². The van der Waals surface area contributed by atoms with Crippen LogP contribution < -0.4 is 5.32 Å². The number of aliphatic hydroxyl groups excluding tert-OH is 1. The molecular weight excluding hydrogens is 304 g/mol. The topological polar surface area (TPSA) is 62.2 Å². The van der Waals surface area contributed by atoms with Gasteiger partial charge in [0.2, 0.25) is 5.91 Å². The number of carbonyl (C=O) groups is 1. The largest absolute Gasteiger partial charge is 0.396 e. The third kappa shape index (κ3) is 4.98. The molecule has 0 saturated carbocycles. The van der Waals surface area contributed by atoms with Crippen molar-refractivity contribution in [3.8, 4) is 0 Å². The molecule has 1 heterocycles. The molecule has 2 N–H and O–H groups in total. The first-order valence-electron chi connectivity index (χ1n) is 6.86. The number of aliphatic hydroxyl groups is 1. The molecule has 0 fully saturated rings. The predicted molar refractivity (Wildman–Crippen MR) is 88.8 cm³/mol. The quantitative estimate of drug-likeness (QED) is 0.769. The molecule has 0 aliphatic heterocycles. The molecule has 0 aliphatic rings. The van der Waals surface area contributed by atoms with Gasteiger partial charge in [0.1, 0.15) is 0 Å². The Morgan fingerprint density at radius 1 is 1.43 bits per heavy atom. The normalized spacial score (nSPS) is 11.8. The average Bonchev–Trinajstić information content (AvgIpc) is 2.86. The molecule has 0 aliphatic carbocycles. The smallest absolute Gasteiger partial charge is 0.230 e. The first-order valence-corrected chi connectivity index (χ1v) is 8.66. The minimum atomic E-state index is -0.0784. The zero-order valence-corrected chi connectivity index (χ0v) is 13.9. The molecule has 0 spiro atoms. The Morgan fingerprint density at radius 3 is 2.90 bits per heavy atom. The van der Waals surface area contributed by atoms with E-state index in [4.69, 9.17) is 5.11 Å². The Hall–Kier alpha value is -1.11. The van der Waals surface area contributed by atoms with Crippen molar-refractivity contribution < 1.29 is 9.90 Å². The summed E-state index contributed by atoms with van der Waals surface area (Å²) in [5.74, 6) is 0.375. The van der Waals surface area contributed by atoms with Crippen LogP contribution in [0.4, 0.5) is 0 Å². The summed E-state index contributed by atoms with van der Waals surface area (Å²) >= 11 is 3.07. The maximum absolute atomic E-state index is 11.9. The van der Waals surface area contributed by atoms with Crippen molar-refractivity contribution in [3.05, 3.63) is 24.3 Å². The van der Waals surface area contributed by atoms with E-state index in [1.807, 2.05) is 38.1 Å². The summed E-state index contributed by atoms with van der Waals surface area (Å²) in [6.07, 6.45) is 0.679. The van der Waals surface area contributed by atoms with Crippen LogP contribution in [-0.4, -0.2) is 34.9 Å². The zero-order chi connectivity index (χ0) is 15.3. The molecule has 0 saturated heterocycles. The Balaban J connectivity index is 1.81. The van der Waals surface area contributed by atoms with Gasteiger partial charge in [-0.2, -0.15) is 0 Å². The van der Waals surface area contributed by atoms with Crippen LogP contribution in [0, 0.1) is 5.41 Å². The number of hydrogen-bond donors (Lipinski definition) is 2. The highest BCUT2D eigenvalue weighted by atomic mass is 32.2. The van der Waals surface area contributed by atoms with Crippen molar-refractivity contribution in [2.45, 2.75) is 24.6 Å². The summed E-state index contributed by atoms with van der Waals surface area (Å²) < 4.78 is 2.06. The van der Waals surface area contributed by atoms with E-state index in [1.54, 1.807) is 11.3 Å². The van der Waals surface area contributed by atoms with Crippen LogP contribution in [0.2, 0.25) is 0 Å². The molecular formula is C15H20N2O2S2. The molecule has 114 valence electrons. The van der Waals surface area contributed by atoms with Crippen molar-refractivity contribution in [3.63, 3.8) is 0 Å². The maximum Gasteiger partial charge on any atom is 0.230 e. The van der Waals surface area contributed by atoms with Gasteiger partial charge in [-0.05, 0) is 24.0 Å². The van der Waals surface area contributed by atoms with Gasteiger partial charge in [-0.25, -0.2) is 4.98 Å². The zero-order valence-electron chi connectivity index (χ0n) is 12.3. The van der Waals surface area contributed by atoms with Crippen molar-refractivity contribution in [2.24, 2.45) is 5.41 Å². The Labute approximate surface area is 133 Å². The highest BCUT2D eigenvalue weighted by molar-refractivity contribution is 8.01. The van der Waals surface area contributed by atoms with Crippen molar-refractivity contribution in [2.75, 3.05) is 18.9 Å². The number of carbonyl (C=O) groups excluding carboxylic acids is 1. The molecule has 0 radical (unpaired) electrons. The molecule has 0 bridgehead atoms. The number of thiazole rings is 1. The van der Waals surface area contributed by atoms with E-state index in [0.717, 1.165) is 14.6 Å². The van der Waals surface area contributed by atoms with Crippen LogP contribution in [0.15, 0.2) is 28.6 Å². The second-order valence-electron chi connectivity index (χ2n) is 5.65. The SMILES string of the molecule is CC(C)(CCO)CNC(=O)CSc1nc2ccccc2s1. The van der Waals surface area contributed by atoms with Crippen LogP contribution in [0.1, 0.15) is 20.3 Å². The molecule has 0 atom stereocenters. The van der Waals surface area contributed by atoms with Gasteiger partial charge in [-0.15, -0.1) is 11.3 Å². The van der Waals surface area contributed by atoms with Crippen LogP contribution >= 0.6 is 23.1 Å². The number of rotatable bonds is 7. The minimum absolute atomic E-state index is 0.00488. The number of nitrogens with zero attached hydrogens (tertiary/aromatic N) is 1. The second-order valence-corrected chi connectivity index (χ2v) is 7.90. The van der Waals surface area contributed by atoms with E-state index >= 15 is 0 Å². The summed E-state index contributed by atoms with van der Waals surface area (Å²) in [5, 5.41) is 11.9. The number of hydrogen-bond acceptors (Lipinski definition) is 5. The highest BCUT2D eigenvalue weighted by Gasteiger charge is 2.18. The summed E-state index contributed by atoms with van der Waals surface area (Å²) in [4.78, 5) is 16.4. The van der Waals surface area contributed by atoms with Crippen molar-refractivity contribution >= 4 is 39.2 Å². The van der Waals surface area contributed by atoms with E-state index in [2.05, 4.69) is 10.3 Å². The third-order valence-electron chi connectivity index (χ3n) is 3.15. The van der Waals surface area contributed by atoms with Gasteiger partial charge in [-0.1, -0.05) is 37.7 Å². The number of benzene rings is 1. The van der Waals surface area contributed by atoms with Gasteiger partial charge >= 0.3 is 0 Å². The Kier molecular flexibility index (Phi) is 5.61. The summed E-state index contributed by atoms with van der Waals surface area (Å²) in [6.45, 7) is 4.78. The number of nitrogens with one attached hydrogen (secondary N) is 1. The fourth-order valence-electron chi connectivity index (χ4n) is 1.82. The summed E-state index contributed by atoms with van der Waals surface area (Å²) in [7, 11) is 0. The molecule has 2 rings (SSSR count). The van der Waals surface area contributed by atoms with Crippen LogP contribution in [-0.2, 0) is 4.79 Å². The molecule has 4 nitrogen and oxygen atoms in total. The minimum Gasteiger partial charge on any atom is -0.396 e. The van der Waals surface area contributed by atoms with Crippen LogP contribution in [0.25, 0.3) is 10.2 Å². The van der Waals surface area contributed by atoms with Gasteiger partial charge in [0.25, 0.3) is 0 Å². The van der Waals surface area contributed by atoms with E-state index in [9.17, 15) is 4.79 Å². The highest BCUT2D eigenvalue weighted by Crippen LogP contribution is 2.29. The standard InChI is InChI=1S/C15H20N2O2S2/c1-15(2,7-8-18)10-16-13(19)9-20-14-17-11-5-3-4-6-12(11)21-14/h3-6,18H,7-10H2,1-2H3,(H,16,19). The monoisotopic (exact) mass is 324 g/mol. The fourth-order valence-corrected chi connectivity index (χ4v) is 3.72. The first kappa shape index (κ1) is 16.3. The van der Waals surface area contributed by atoms with E-state index in [0.29, 0.717) is 18.7 Å². The number of aromatic nitrogens is 1. The number of amides is 1. The average molecular weight is 324 g/mol. The lowest BCUT2D eigenvalue weighted by atomic mass is 9.90. The molecule has 21 heavy (non-hydrogen) atoms. The van der Waals surface area contributed by atoms with Gasteiger partial charge in [-0.3, -0.25) is 4.79 Å². The summed E-state index contributed by atoms with van der Waals surface area (Å²) in [6, 6.07) is 7.97. The van der Waals surface area contributed by atoms with Crippen LogP contribution in [0.5, 0.6) is 0 Å². The molecule has 1 aromatic heterocycles. The predicted octanol–water partition coefficient (Wildman–Crippen LogP) is 2.91. The molecule has 6 heteroatoms. The Bertz CT molecular complexity index is 577. The molecule has 0 unspecified atom stereocenters. The maximum atomic E-state index is 11.9. The molecule has 1 amide bonds. The lowest BCUT2D eigenvalue weighted by Gasteiger charge is -2.23. The van der Waals surface area contributed by atoms with E-state index in [-0.39, 0.29) is 17.9 Å². The van der Waals surface area contributed by atoms with Gasteiger partial charge < -0.3 is 10.4 Å². The number of fused-ring (bicyclic) bond motifs is 1. The first-order chi connectivity index (χ1) is 10.00. The lowest BCUT2D eigenvalue weighted by molar-refractivity contribution is -0.119. The summed E-state index contributed by atoms with van der Waals surface area (Å²) in [5.41, 5.74) is 0.903. The fraction of sp³-hybridized carbons (Fsp3) is 0.467. The van der Waals surface area contributed by atoms with Gasteiger partial charge in [0, 0.05) is 13.2 Å². The number of thioether (sulfide) groups is 1. The lowest BCUT2D eigenvalue weighted by Crippen LogP contribution is -2.35. The molecule has 2 aromatic rings.